The second kappa shape index (κ2) is 4.93. The largest absolute Gasteiger partial charge is 0.318 e. The van der Waals surface area contributed by atoms with Crippen LogP contribution in [0.15, 0.2) is 12.4 Å². The molecule has 2 atom stereocenters. The molecule has 2 heterocycles. The highest BCUT2D eigenvalue weighted by atomic mass is 19.1. The molecule has 16 heavy (non-hydrogen) atoms. The Kier molecular flexibility index (Phi) is 3.56. The fourth-order valence-electron chi connectivity index (χ4n) is 2.35. The summed E-state index contributed by atoms with van der Waals surface area (Å²) in [5.74, 6) is 0. The van der Waals surface area contributed by atoms with E-state index in [1.165, 1.54) is 0 Å². The van der Waals surface area contributed by atoms with Gasteiger partial charge in [0.05, 0.1) is 6.20 Å². The predicted octanol–water partition coefficient (Wildman–Crippen LogP) is 0.552. The van der Waals surface area contributed by atoms with Gasteiger partial charge in [-0.2, -0.15) is 5.10 Å². The zero-order chi connectivity index (χ0) is 11.5. The van der Waals surface area contributed by atoms with E-state index in [4.69, 9.17) is 0 Å². The zero-order valence-corrected chi connectivity index (χ0v) is 9.86. The van der Waals surface area contributed by atoms with Crippen molar-refractivity contribution < 1.29 is 4.39 Å². The van der Waals surface area contributed by atoms with Gasteiger partial charge >= 0.3 is 0 Å². The third-order valence-electron chi connectivity index (χ3n) is 3.06. The van der Waals surface area contributed by atoms with Crippen molar-refractivity contribution in [2.75, 3.05) is 20.1 Å². The lowest BCUT2D eigenvalue weighted by Gasteiger charge is -2.22. The number of hydrogen-bond donors (Lipinski definition) is 1. The number of likely N-dealkylation sites (N-methyl/N-ethyl adjacent to an activating group) is 1. The lowest BCUT2D eigenvalue weighted by Crippen LogP contribution is -2.36. The standard InChI is InChI=1S/C11H19FN4/c1-13-5-11-3-10(12)8-16(11)7-9-4-14-15(2)6-9/h4,6,10-11,13H,3,5,7-8H2,1-2H3/t10-,11+/m0/s1. The summed E-state index contributed by atoms with van der Waals surface area (Å²) in [6.45, 7) is 2.18. The lowest BCUT2D eigenvalue weighted by atomic mass is 10.2. The summed E-state index contributed by atoms with van der Waals surface area (Å²) in [5, 5.41) is 7.25. The van der Waals surface area contributed by atoms with Crippen LogP contribution in [0.25, 0.3) is 0 Å². The number of aromatic nitrogens is 2. The summed E-state index contributed by atoms with van der Waals surface area (Å²) in [4.78, 5) is 2.19. The maximum absolute atomic E-state index is 13.4. The number of halogens is 1. The normalized spacial score (nSPS) is 26.4. The molecule has 1 aliphatic rings. The van der Waals surface area contributed by atoms with Crippen LogP contribution in [0.1, 0.15) is 12.0 Å². The van der Waals surface area contributed by atoms with Gasteiger partial charge < -0.3 is 5.32 Å². The molecule has 1 aromatic heterocycles. The van der Waals surface area contributed by atoms with Gasteiger partial charge in [-0.3, -0.25) is 9.58 Å². The molecule has 90 valence electrons. The van der Waals surface area contributed by atoms with Crippen molar-refractivity contribution in [3.8, 4) is 0 Å². The molecule has 1 N–H and O–H groups in total. The van der Waals surface area contributed by atoms with E-state index in [2.05, 4.69) is 15.3 Å². The maximum Gasteiger partial charge on any atom is 0.114 e. The van der Waals surface area contributed by atoms with E-state index in [1.54, 1.807) is 4.68 Å². The SMILES string of the molecule is CNC[C@H]1C[C@H](F)CN1Cc1cnn(C)c1. The highest BCUT2D eigenvalue weighted by Gasteiger charge is 2.31. The number of alkyl halides is 1. The van der Waals surface area contributed by atoms with E-state index in [1.807, 2.05) is 26.5 Å². The summed E-state index contributed by atoms with van der Waals surface area (Å²) >= 11 is 0. The first-order valence-corrected chi connectivity index (χ1v) is 5.69. The molecule has 2 rings (SSSR count). The first kappa shape index (κ1) is 11.5. The van der Waals surface area contributed by atoms with Crippen molar-refractivity contribution in [1.82, 2.24) is 20.0 Å². The predicted molar refractivity (Wildman–Crippen MR) is 60.8 cm³/mol. The molecule has 0 unspecified atom stereocenters. The van der Waals surface area contributed by atoms with Crippen molar-refractivity contribution >= 4 is 0 Å². The molecule has 4 nitrogen and oxygen atoms in total. The van der Waals surface area contributed by atoms with Gasteiger partial charge in [-0.05, 0) is 13.5 Å². The van der Waals surface area contributed by atoms with Gasteiger partial charge in [-0.15, -0.1) is 0 Å². The quantitative estimate of drug-likeness (QED) is 0.814. The fourth-order valence-corrected chi connectivity index (χ4v) is 2.35. The number of rotatable bonds is 4. The Morgan fingerprint density at radius 1 is 1.62 bits per heavy atom. The van der Waals surface area contributed by atoms with Crippen molar-refractivity contribution in [2.24, 2.45) is 7.05 Å². The van der Waals surface area contributed by atoms with E-state index < -0.39 is 6.17 Å². The second-order valence-corrected chi connectivity index (χ2v) is 4.50. The van der Waals surface area contributed by atoms with E-state index in [0.29, 0.717) is 19.0 Å². The molecular formula is C11H19FN4. The van der Waals surface area contributed by atoms with E-state index >= 15 is 0 Å². The summed E-state index contributed by atoms with van der Waals surface area (Å²) in [7, 11) is 3.81. The van der Waals surface area contributed by atoms with Gasteiger partial charge in [0.1, 0.15) is 6.17 Å². The Morgan fingerprint density at radius 2 is 2.44 bits per heavy atom. The summed E-state index contributed by atoms with van der Waals surface area (Å²) in [6.07, 6.45) is 3.79. The van der Waals surface area contributed by atoms with E-state index in [0.717, 1.165) is 18.7 Å². The molecule has 1 aromatic rings. The van der Waals surface area contributed by atoms with Gasteiger partial charge in [0.2, 0.25) is 0 Å². The Balaban J connectivity index is 1.97. The van der Waals surface area contributed by atoms with Crippen LogP contribution < -0.4 is 5.32 Å². The minimum Gasteiger partial charge on any atom is -0.318 e. The molecule has 0 aromatic carbocycles. The maximum atomic E-state index is 13.4. The van der Waals surface area contributed by atoms with Crippen molar-refractivity contribution in [3.05, 3.63) is 18.0 Å². The lowest BCUT2D eigenvalue weighted by molar-refractivity contribution is 0.232. The summed E-state index contributed by atoms with van der Waals surface area (Å²) in [6, 6.07) is 0.306. The van der Waals surface area contributed by atoms with Crippen molar-refractivity contribution in [2.45, 2.75) is 25.2 Å². The Hall–Kier alpha value is -0.940. The van der Waals surface area contributed by atoms with Crippen LogP contribution in [0.2, 0.25) is 0 Å². The number of aryl methyl sites for hydroxylation is 1. The van der Waals surface area contributed by atoms with Crippen LogP contribution in [0.4, 0.5) is 4.39 Å². The molecule has 1 fully saturated rings. The molecule has 1 aliphatic heterocycles. The smallest absolute Gasteiger partial charge is 0.114 e. The molecule has 0 radical (unpaired) electrons. The molecule has 0 bridgehead atoms. The molecule has 1 saturated heterocycles. The minimum atomic E-state index is -0.685. The number of hydrogen-bond acceptors (Lipinski definition) is 3. The van der Waals surface area contributed by atoms with Gasteiger partial charge in [0.25, 0.3) is 0 Å². The highest BCUT2D eigenvalue weighted by molar-refractivity contribution is 5.05. The Bertz CT molecular complexity index is 338. The van der Waals surface area contributed by atoms with Gasteiger partial charge in [0.15, 0.2) is 0 Å². The van der Waals surface area contributed by atoms with Gasteiger partial charge in [0, 0.05) is 44.5 Å². The third kappa shape index (κ3) is 2.59. The van der Waals surface area contributed by atoms with Crippen LogP contribution in [0.5, 0.6) is 0 Å². The van der Waals surface area contributed by atoms with E-state index in [-0.39, 0.29) is 0 Å². The monoisotopic (exact) mass is 226 g/mol. The summed E-state index contributed by atoms with van der Waals surface area (Å²) < 4.78 is 15.1. The van der Waals surface area contributed by atoms with Crippen LogP contribution >= 0.6 is 0 Å². The molecule has 0 amide bonds. The van der Waals surface area contributed by atoms with Crippen molar-refractivity contribution in [3.63, 3.8) is 0 Å². The van der Waals surface area contributed by atoms with Crippen LogP contribution in [0, 0.1) is 0 Å². The van der Waals surface area contributed by atoms with Gasteiger partial charge in [-0.1, -0.05) is 0 Å². The molecule has 0 aliphatic carbocycles. The van der Waals surface area contributed by atoms with Crippen LogP contribution in [-0.4, -0.2) is 47.0 Å². The number of nitrogens with one attached hydrogen (secondary N) is 1. The average molecular weight is 226 g/mol. The third-order valence-corrected chi connectivity index (χ3v) is 3.06. The second-order valence-electron chi connectivity index (χ2n) is 4.50. The zero-order valence-electron chi connectivity index (χ0n) is 9.86. The average Bonchev–Trinajstić information content (AvgIpc) is 2.76. The minimum absolute atomic E-state index is 0.306. The fraction of sp³-hybridized carbons (Fsp3) is 0.727. The van der Waals surface area contributed by atoms with Crippen molar-refractivity contribution in [1.29, 1.82) is 0 Å². The van der Waals surface area contributed by atoms with E-state index in [9.17, 15) is 4.39 Å². The Labute approximate surface area is 95.4 Å². The van der Waals surface area contributed by atoms with Crippen LogP contribution in [-0.2, 0) is 13.6 Å². The number of likely N-dealkylation sites (tertiary alicyclic amines) is 1. The molecular weight excluding hydrogens is 207 g/mol. The molecule has 0 saturated carbocycles. The van der Waals surface area contributed by atoms with Gasteiger partial charge in [-0.25, -0.2) is 4.39 Å². The highest BCUT2D eigenvalue weighted by Crippen LogP contribution is 2.21. The topological polar surface area (TPSA) is 33.1 Å². The molecule has 5 heteroatoms. The molecule has 0 spiro atoms. The number of nitrogens with zero attached hydrogens (tertiary/aromatic N) is 3. The summed E-state index contributed by atoms with van der Waals surface area (Å²) in [5.41, 5.74) is 1.15. The van der Waals surface area contributed by atoms with Crippen LogP contribution in [0.3, 0.4) is 0 Å². The Morgan fingerprint density at radius 3 is 3.06 bits per heavy atom. The first-order chi connectivity index (χ1) is 7.69. The first-order valence-electron chi connectivity index (χ1n) is 5.69.